The molecular weight excluding hydrogens is 272 g/mol. The number of rotatable bonds is 6. The van der Waals surface area contributed by atoms with Crippen LogP contribution in [0, 0.1) is 5.41 Å². The molecule has 0 bridgehead atoms. The lowest BCUT2D eigenvalue weighted by Crippen LogP contribution is -2.45. The first kappa shape index (κ1) is 16.8. The van der Waals surface area contributed by atoms with Crippen LogP contribution in [0.1, 0.15) is 20.3 Å². The molecule has 0 fully saturated rings. The van der Waals surface area contributed by atoms with Crippen molar-refractivity contribution in [3.8, 4) is 5.75 Å². The van der Waals surface area contributed by atoms with Crippen LogP contribution >= 0.6 is 0 Å². The van der Waals surface area contributed by atoms with Gasteiger partial charge in [-0.15, -0.1) is 0 Å². The van der Waals surface area contributed by atoms with Gasteiger partial charge in [-0.2, -0.15) is 0 Å². The van der Waals surface area contributed by atoms with Gasteiger partial charge in [-0.05, 0) is 25.5 Å². The molecule has 6 heteroatoms. The van der Waals surface area contributed by atoms with Crippen molar-refractivity contribution in [2.75, 3.05) is 25.6 Å². The minimum absolute atomic E-state index is 0.0754. The van der Waals surface area contributed by atoms with Gasteiger partial charge in [-0.1, -0.05) is 13.0 Å². The van der Waals surface area contributed by atoms with Crippen molar-refractivity contribution in [2.45, 2.75) is 20.3 Å². The predicted octanol–water partition coefficient (Wildman–Crippen LogP) is 2.34. The molecule has 0 spiro atoms. The third-order valence-corrected chi connectivity index (χ3v) is 3.67. The van der Waals surface area contributed by atoms with Gasteiger partial charge in [0.25, 0.3) is 0 Å². The highest BCUT2D eigenvalue weighted by molar-refractivity contribution is 5.92. The van der Waals surface area contributed by atoms with Crippen LogP contribution in [0.5, 0.6) is 5.75 Å². The molecule has 6 nitrogen and oxygen atoms in total. The largest absolute Gasteiger partial charge is 0.497 e. The van der Waals surface area contributed by atoms with E-state index in [1.54, 1.807) is 52.3 Å². The second-order valence-corrected chi connectivity index (χ2v) is 5.14. The highest BCUT2D eigenvalue weighted by Crippen LogP contribution is 2.22. The van der Waals surface area contributed by atoms with Gasteiger partial charge >= 0.3 is 12.0 Å². The van der Waals surface area contributed by atoms with Crippen molar-refractivity contribution in [1.29, 1.82) is 0 Å². The van der Waals surface area contributed by atoms with Crippen LogP contribution in [-0.2, 0) is 4.79 Å². The van der Waals surface area contributed by atoms with Crippen molar-refractivity contribution in [3.05, 3.63) is 24.3 Å². The van der Waals surface area contributed by atoms with Gasteiger partial charge in [0.1, 0.15) is 5.75 Å². The van der Waals surface area contributed by atoms with Crippen molar-refractivity contribution in [1.82, 2.24) is 5.32 Å². The van der Waals surface area contributed by atoms with E-state index in [1.165, 1.54) is 4.90 Å². The molecule has 0 aromatic heterocycles. The highest BCUT2D eigenvalue weighted by Gasteiger charge is 2.31. The van der Waals surface area contributed by atoms with E-state index in [0.29, 0.717) is 17.9 Å². The minimum atomic E-state index is -0.967. The maximum Gasteiger partial charge on any atom is 0.321 e. The molecule has 0 radical (unpaired) electrons. The zero-order valence-corrected chi connectivity index (χ0v) is 12.8. The fraction of sp³-hybridized carbons (Fsp3) is 0.467. The van der Waals surface area contributed by atoms with E-state index in [4.69, 9.17) is 4.74 Å². The Kier molecular flexibility index (Phi) is 5.58. The summed E-state index contributed by atoms with van der Waals surface area (Å²) >= 11 is 0. The van der Waals surface area contributed by atoms with Gasteiger partial charge in [0.15, 0.2) is 0 Å². The zero-order valence-electron chi connectivity index (χ0n) is 12.8. The molecule has 0 aliphatic heterocycles. The fourth-order valence-electron chi connectivity index (χ4n) is 1.68. The lowest BCUT2D eigenvalue weighted by Gasteiger charge is -2.25. The number of aliphatic carboxylic acids is 1. The first-order valence-corrected chi connectivity index (χ1v) is 6.73. The van der Waals surface area contributed by atoms with Crippen LogP contribution in [0.25, 0.3) is 0 Å². The molecule has 0 saturated heterocycles. The molecule has 0 saturated carbocycles. The average Bonchev–Trinajstić information content (AvgIpc) is 2.51. The Morgan fingerprint density at radius 3 is 2.62 bits per heavy atom. The maximum absolute atomic E-state index is 12.1. The van der Waals surface area contributed by atoms with E-state index < -0.39 is 11.4 Å². The Balaban J connectivity index is 2.73. The van der Waals surface area contributed by atoms with E-state index in [1.807, 2.05) is 0 Å². The second kappa shape index (κ2) is 6.97. The minimum Gasteiger partial charge on any atom is -0.497 e. The summed E-state index contributed by atoms with van der Waals surface area (Å²) in [7, 11) is 3.17. The highest BCUT2D eigenvalue weighted by atomic mass is 16.5. The van der Waals surface area contributed by atoms with E-state index in [-0.39, 0.29) is 12.6 Å². The van der Waals surface area contributed by atoms with Gasteiger partial charge in [-0.25, -0.2) is 4.79 Å². The van der Waals surface area contributed by atoms with Crippen LogP contribution < -0.4 is 15.0 Å². The van der Waals surface area contributed by atoms with Gasteiger partial charge in [0.2, 0.25) is 0 Å². The van der Waals surface area contributed by atoms with Crippen LogP contribution in [0.15, 0.2) is 24.3 Å². The summed E-state index contributed by atoms with van der Waals surface area (Å²) in [6, 6.07) is 6.72. The fourth-order valence-corrected chi connectivity index (χ4v) is 1.68. The number of nitrogens with zero attached hydrogens (tertiary/aromatic N) is 1. The molecule has 116 valence electrons. The molecule has 0 aliphatic carbocycles. The summed E-state index contributed by atoms with van der Waals surface area (Å²) in [5, 5.41) is 11.8. The molecule has 2 N–H and O–H groups in total. The number of carbonyl (C=O) groups excluding carboxylic acids is 1. The standard InChI is InChI=1S/C15H22N2O4/c1-5-15(2,13(18)19)10-16-14(20)17(3)11-7-6-8-12(9-11)21-4/h6-9H,5,10H2,1-4H3,(H,16,20)(H,18,19). The molecule has 0 heterocycles. The molecule has 1 unspecified atom stereocenters. The Bertz CT molecular complexity index is 518. The average molecular weight is 294 g/mol. The topological polar surface area (TPSA) is 78.9 Å². The Labute approximate surface area is 124 Å². The van der Waals surface area contributed by atoms with Crippen LogP contribution in [0.4, 0.5) is 10.5 Å². The summed E-state index contributed by atoms with van der Waals surface area (Å²) in [5.41, 5.74) is -0.300. The number of methoxy groups -OCH3 is 1. The maximum atomic E-state index is 12.1. The summed E-state index contributed by atoms with van der Waals surface area (Å²) in [4.78, 5) is 24.7. The number of carboxylic acid groups (broad SMARTS) is 1. The van der Waals surface area contributed by atoms with E-state index >= 15 is 0 Å². The third-order valence-electron chi connectivity index (χ3n) is 3.67. The van der Waals surface area contributed by atoms with Crippen molar-refractivity contribution < 1.29 is 19.4 Å². The number of carbonyl (C=O) groups is 2. The number of benzene rings is 1. The molecule has 1 rings (SSSR count). The first-order valence-electron chi connectivity index (χ1n) is 6.73. The van der Waals surface area contributed by atoms with Crippen molar-refractivity contribution in [3.63, 3.8) is 0 Å². The summed E-state index contributed by atoms with van der Waals surface area (Å²) in [6.45, 7) is 3.47. The van der Waals surface area contributed by atoms with Crippen LogP contribution in [0.2, 0.25) is 0 Å². The number of ether oxygens (including phenoxy) is 1. The van der Waals surface area contributed by atoms with Crippen LogP contribution in [-0.4, -0.2) is 37.8 Å². The van der Waals surface area contributed by atoms with Gasteiger partial charge < -0.3 is 15.2 Å². The third kappa shape index (κ3) is 4.11. The van der Waals surface area contributed by atoms with E-state index in [0.717, 1.165) is 0 Å². The number of urea groups is 1. The second-order valence-electron chi connectivity index (χ2n) is 5.14. The summed E-state index contributed by atoms with van der Waals surface area (Å²) < 4.78 is 5.11. The normalized spacial score (nSPS) is 13.1. The summed E-state index contributed by atoms with van der Waals surface area (Å²) in [5.74, 6) is -0.273. The van der Waals surface area contributed by atoms with Gasteiger partial charge in [-0.3, -0.25) is 9.69 Å². The van der Waals surface area contributed by atoms with Gasteiger partial charge in [0.05, 0.1) is 12.5 Å². The van der Waals surface area contributed by atoms with Crippen LogP contribution in [0.3, 0.4) is 0 Å². The summed E-state index contributed by atoms with van der Waals surface area (Å²) in [6.07, 6.45) is 0.436. The van der Waals surface area contributed by atoms with E-state index in [2.05, 4.69) is 5.32 Å². The molecule has 21 heavy (non-hydrogen) atoms. The molecule has 0 aliphatic rings. The molecule has 1 atom stereocenters. The molecule has 2 amide bonds. The smallest absolute Gasteiger partial charge is 0.321 e. The van der Waals surface area contributed by atoms with Gasteiger partial charge in [0, 0.05) is 25.3 Å². The van der Waals surface area contributed by atoms with E-state index in [9.17, 15) is 14.7 Å². The molecular formula is C15H22N2O4. The number of amides is 2. The monoisotopic (exact) mass is 294 g/mol. The SMILES string of the molecule is CCC(C)(CNC(=O)N(C)c1cccc(OC)c1)C(=O)O. The van der Waals surface area contributed by atoms with Crippen molar-refractivity contribution >= 4 is 17.7 Å². The van der Waals surface area contributed by atoms with Crippen molar-refractivity contribution in [2.24, 2.45) is 5.41 Å². The number of carboxylic acids is 1. The molecule has 1 aromatic carbocycles. The molecule has 1 aromatic rings. The number of nitrogens with one attached hydrogen (secondary N) is 1. The predicted molar refractivity (Wildman–Crippen MR) is 80.8 cm³/mol. The number of hydrogen-bond acceptors (Lipinski definition) is 3. The Morgan fingerprint density at radius 2 is 2.10 bits per heavy atom. The first-order chi connectivity index (χ1) is 9.84. The lowest BCUT2D eigenvalue weighted by molar-refractivity contribution is -0.147. The quantitative estimate of drug-likeness (QED) is 0.844. The number of anilines is 1. The zero-order chi connectivity index (χ0) is 16.0. The number of hydrogen-bond donors (Lipinski definition) is 2. The lowest BCUT2D eigenvalue weighted by atomic mass is 9.88. The Hall–Kier alpha value is -2.24. The Morgan fingerprint density at radius 1 is 1.43 bits per heavy atom.